The molecule has 0 saturated carbocycles. The molecule has 1 aromatic rings. The van der Waals surface area contributed by atoms with Crippen LogP contribution < -0.4 is 10.5 Å². The van der Waals surface area contributed by atoms with E-state index >= 15 is 0 Å². The molecule has 0 aromatic heterocycles. The van der Waals surface area contributed by atoms with Gasteiger partial charge in [-0.1, -0.05) is 19.1 Å². The van der Waals surface area contributed by atoms with E-state index in [0.29, 0.717) is 5.56 Å². The van der Waals surface area contributed by atoms with Gasteiger partial charge in [-0.05, 0) is 30.5 Å². The van der Waals surface area contributed by atoms with Gasteiger partial charge in [0, 0.05) is 12.6 Å². The lowest BCUT2D eigenvalue weighted by molar-refractivity contribution is 0.572. The summed E-state index contributed by atoms with van der Waals surface area (Å²) >= 11 is 4.70. The minimum Gasteiger partial charge on any atom is -0.392 e. The number of nitrogens with one attached hydrogen (secondary N) is 1. The quantitative estimate of drug-likeness (QED) is 0.746. The molecule has 0 amide bonds. The van der Waals surface area contributed by atoms with Crippen molar-refractivity contribution in [2.75, 3.05) is 6.54 Å². The standard InChI is InChI=1S/C12H16F2N2O2S2/c1-2-11(12(15)19)20(17,18)16-4-3-8-5-9(13)7-10(14)6-8/h5-7,11,16H,2-4H2,1H3,(H2,15,19). The van der Waals surface area contributed by atoms with E-state index in [4.69, 9.17) is 18.0 Å². The van der Waals surface area contributed by atoms with Crippen LogP contribution in [-0.4, -0.2) is 25.2 Å². The van der Waals surface area contributed by atoms with E-state index in [1.165, 1.54) is 0 Å². The third-order valence-electron chi connectivity index (χ3n) is 2.70. The second kappa shape index (κ2) is 7.05. The molecular weight excluding hydrogens is 306 g/mol. The Morgan fingerprint density at radius 2 is 1.90 bits per heavy atom. The van der Waals surface area contributed by atoms with Gasteiger partial charge >= 0.3 is 0 Å². The van der Waals surface area contributed by atoms with Gasteiger partial charge in [-0.3, -0.25) is 0 Å². The number of thiocarbonyl (C=S) groups is 1. The van der Waals surface area contributed by atoms with E-state index in [-0.39, 0.29) is 24.4 Å². The Hall–Kier alpha value is -1.12. The fourth-order valence-electron chi connectivity index (χ4n) is 1.77. The minimum absolute atomic E-state index is 0.0182. The summed E-state index contributed by atoms with van der Waals surface area (Å²) in [6.45, 7) is 1.68. The fourth-order valence-corrected chi connectivity index (χ4v) is 3.65. The number of hydrogen-bond donors (Lipinski definition) is 2. The summed E-state index contributed by atoms with van der Waals surface area (Å²) in [5, 5.41) is -0.943. The van der Waals surface area contributed by atoms with Crippen LogP contribution in [0.25, 0.3) is 0 Å². The molecular formula is C12H16F2N2O2S2. The van der Waals surface area contributed by atoms with Crippen LogP contribution in [-0.2, 0) is 16.4 Å². The highest BCUT2D eigenvalue weighted by Crippen LogP contribution is 2.09. The molecule has 20 heavy (non-hydrogen) atoms. The predicted molar refractivity (Wildman–Crippen MR) is 77.8 cm³/mol. The largest absolute Gasteiger partial charge is 0.392 e. The Labute approximate surface area is 122 Å². The predicted octanol–water partition coefficient (Wildman–Crippen LogP) is 1.49. The van der Waals surface area contributed by atoms with Crippen LogP contribution in [0, 0.1) is 11.6 Å². The van der Waals surface area contributed by atoms with Gasteiger partial charge < -0.3 is 5.73 Å². The van der Waals surface area contributed by atoms with E-state index in [1.54, 1.807) is 6.92 Å². The average molecular weight is 322 g/mol. The maximum atomic E-state index is 13.0. The highest BCUT2D eigenvalue weighted by atomic mass is 32.2. The molecule has 0 bridgehead atoms. The summed E-state index contributed by atoms with van der Waals surface area (Å²) in [6, 6.07) is 3.07. The summed E-state index contributed by atoms with van der Waals surface area (Å²) in [4.78, 5) is -0.100. The van der Waals surface area contributed by atoms with Gasteiger partial charge in [0.2, 0.25) is 10.0 Å². The molecule has 1 unspecified atom stereocenters. The van der Waals surface area contributed by atoms with Crippen molar-refractivity contribution >= 4 is 27.2 Å². The van der Waals surface area contributed by atoms with Crippen LogP contribution in [0.2, 0.25) is 0 Å². The van der Waals surface area contributed by atoms with Crippen LogP contribution in [0.3, 0.4) is 0 Å². The summed E-state index contributed by atoms with van der Waals surface area (Å²) in [5.41, 5.74) is 5.74. The van der Waals surface area contributed by atoms with Crippen LogP contribution in [0.1, 0.15) is 18.9 Å². The van der Waals surface area contributed by atoms with Gasteiger partial charge in [0.05, 0.1) is 4.99 Å². The van der Waals surface area contributed by atoms with Crippen LogP contribution >= 0.6 is 12.2 Å². The van der Waals surface area contributed by atoms with Crippen LogP contribution in [0.4, 0.5) is 8.78 Å². The van der Waals surface area contributed by atoms with E-state index in [2.05, 4.69) is 4.72 Å². The molecule has 0 aliphatic carbocycles. The van der Waals surface area contributed by atoms with Crippen molar-refractivity contribution in [1.29, 1.82) is 0 Å². The first-order valence-electron chi connectivity index (χ1n) is 5.99. The summed E-state index contributed by atoms with van der Waals surface area (Å²) in [6.07, 6.45) is 0.431. The molecule has 0 aliphatic rings. The highest BCUT2D eigenvalue weighted by Gasteiger charge is 2.25. The zero-order chi connectivity index (χ0) is 15.3. The summed E-state index contributed by atoms with van der Waals surface area (Å²) < 4.78 is 52.1. The molecule has 0 spiro atoms. The molecule has 1 rings (SSSR count). The minimum atomic E-state index is -3.67. The summed E-state index contributed by atoms with van der Waals surface area (Å²) in [5.74, 6) is -1.39. The Morgan fingerprint density at radius 3 is 2.35 bits per heavy atom. The lowest BCUT2D eigenvalue weighted by atomic mass is 10.1. The van der Waals surface area contributed by atoms with Crippen molar-refractivity contribution in [3.8, 4) is 0 Å². The first kappa shape index (κ1) is 16.9. The molecule has 3 N–H and O–H groups in total. The monoisotopic (exact) mass is 322 g/mol. The second-order valence-corrected chi connectivity index (χ2v) is 6.69. The number of hydrogen-bond acceptors (Lipinski definition) is 3. The second-order valence-electron chi connectivity index (χ2n) is 4.27. The van der Waals surface area contributed by atoms with Crippen LogP contribution in [0.15, 0.2) is 18.2 Å². The van der Waals surface area contributed by atoms with E-state index in [9.17, 15) is 17.2 Å². The highest BCUT2D eigenvalue weighted by molar-refractivity contribution is 7.93. The zero-order valence-electron chi connectivity index (χ0n) is 10.9. The smallest absolute Gasteiger partial charge is 0.221 e. The van der Waals surface area contributed by atoms with Gasteiger partial charge in [0.25, 0.3) is 0 Å². The van der Waals surface area contributed by atoms with Gasteiger partial charge in [0.1, 0.15) is 16.9 Å². The third kappa shape index (κ3) is 4.77. The molecule has 4 nitrogen and oxygen atoms in total. The molecule has 0 heterocycles. The average Bonchev–Trinajstić information content (AvgIpc) is 2.26. The van der Waals surface area contributed by atoms with Crippen molar-refractivity contribution in [3.05, 3.63) is 35.4 Å². The lowest BCUT2D eigenvalue weighted by Gasteiger charge is -2.15. The van der Waals surface area contributed by atoms with E-state index in [0.717, 1.165) is 18.2 Å². The molecule has 0 saturated heterocycles. The molecule has 8 heteroatoms. The van der Waals surface area contributed by atoms with Crippen molar-refractivity contribution in [1.82, 2.24) is 4.72 Å². The molecule has 0 fully saturated rings. The number of halogens is 2. The molecule has 112 valence electrons. The first-order valence-corrected chi connectivity index (χ1v) is 7.94. The lowest BCUT2D eigenvalue weighted by Crippen LogP contribution is -2.42. The van der Waals surface area contributed by atoms with Crippen molar-refractivity contribution in [3.63, 3.8) is 0 Å². The number of sulfonamides is 1. The van der Waals surface area contributed by atoms with Crippen molar-refractivity contribution < 1.29 is 17.2 Å². The topological polar surface area (TPSA) is 72.2 Å². The number of benzene rings is 1. The van der Waals surface area contributed by atoms with Gasteiger partial charge in [-0.15, -0.1) is 0 Å². The molecule has 0 aliphatic heterocycles. The molecule has 1 aromatic carbocycles. The van der Waals surface area contributed by atoms with Crippen molar-refractivity contribution in [2.45, 2.75) is 25.0 Å². The van der Waals surface area contributed by atoms with E-state index < -0.39 is 26.9 Å². The third-order valence-corrected chi connectivity index (χ3v) is 5.08. The maximum absolute atomic E-state index is 13.0. The Kier molecular flexibility index (Phi) is 5.97. The van der Waals surface area contributed by atoms with Crippen molar-refractivity contribution in [2.24, 2.45) is 5.73 Å². The number of rotatable bonds is 7. The van der Waals surface area contributed by atoms with Gasteiger partial charge in [0.15, 0.2) is 0 Å². The zero-order valence-corrected chi connectivity index (χ0v) is 12.5. The Bertz CT molecular complexity index is 571. The first-order chi connectivity index (χ1) is 9.26. The Balaban J connectivity index is 2.65. The SMILES string of the molecule is CCC(C(N)=S)S(=O)(=O)NCCc1cc(F)cc(F)c1. The summed E-state index contributed by atoms with van der Waals surface area (Å²) in [7, 11) is -3.67. The van der Waals surface area contributed by atoms with E-state index in [1.807, 2.05) is 0 Å². The molecule has 1 atom stereocenters. The molecule has 0 radical (unpaired) electrons. The van der Waals surface area contributed by atoms with Crippen LogP contribution in [0.5, 0.6) is 0 Å². The van der Waals surface area contributed by atoms with Gasteiger partial charge in [-0.2, -0.15) is 0 Å². The maximum Gasteiger partial charge on any atom is 0.221 e. The van der Waals surface area contributed by atoms with Gasteiger partial charge in [-0.25, -0.2) is 21.9 Å². The fraction of sp³-hybridized carbons (Fsp3) is 0.417. The normalized spacial score (nSPS) is 13.2. The number of nitrogens with two attached hydrogens (primary N) is 1. The Morgan fingerprint density at radius 1 is 1.35 bits per heavy atom.